The molecule has 29 heavy (non-hydrogen) atoms. The molecule has 0 spiro atoms. The summed E-state index contributed by atoms with van der Waals surface area (Å²) in [5.41, 5.74) is 0.918. The van der Waals surface area contributed by atoms with E-state index in [1.807, 2.05) is 13.8 Å². The molecule has 2 aromatic rings. The van der Waals surface area contributed by atoms with E-state index in [0.29, 0.717) is 24.3 Å². The summed E-state index contributed by atoms with van der Waals surface area (Å²) in [5, 5.41) is 9.08. The van der Waals surface area contributed by atoms with Crippen LogP contribution in [-0.4, -0.2) is 34.2 Å². The highest BCUT2D eigenvalue weighted by molar-refractivity contribution is 6.32. The highest BCUT2D eigenvalue weighted by atomic mass is 35.5. The molecule has 0 aliphatic heterocycles. The van der Waals surface area contributed by atoms with Gasteiger partial charge in [0.2, 0.25) is 6.10 Å². The number of nitrogens with zero attached hydrogens (tertiary/aromatic N) is 2. The van der Waals surface area contributed by atoms with E-state index >= 15 is 0 Å². The summed E-state index contributed by atoms with van der Waals surface area (Å²) in [6, 6.07) is 7.76. The first-order chi connectivity index (χ1) is 13.7. The summed E-state index contributed by atoms with van der Waals surface area (Å²) in [6.45, 7) is 8.25. The summed E-state index contributed by atoms with van der Waals surface area (Å²) < 4.78 is 7.01. The van der Waals surface area contributed by atoms with Crippen molar-refractivity contribution in [2.45, 2.75) is 40.3 Å². The van der Waals surface area contributed by atoms with E-state index < -0.39 is 24.0 Å². The Bertz CT molecular complexity index is 880. The Morgan fingerprint density at radius 2 is 1.86 bits per heavy atom. The SMILES string of the molecule is CCNC(=O)NC(=O)[C@H](OC(=O)c1c(C)nn(CC(C)C)c1Cl)c1ccccc1. The maximum absolute atomic E-state index is 12.8. The quantitative estimate of drug-likeness (QED) is 0.669. The third-order valence-corrected chi connectivity index (χ3v) is 4.33. The lowest BCUT2D eigenvalue weighted by Crippen LogP contribution is -2.42. The smallest absolute Gasteiger partial charge is 0.344 e. The van der Waals surface area contributed by atoms with Gasteiger partial charge in [0.1, 0.15) is 10.7 Å². The first-order valence-corrected chi connectivity index (χ1v) is 9.69. The number of nitrogens with one attached hydrogen (secondary N) is 2. The van der Waals surface area contributed by atoms with E-state index in [-0.39, 0.29) is 16.6 Å². The second-order valence-corrected chi connectivity index (χ2v) is 7.23. The molecule has 0 bridgehead atoms. The number of amides is 3. The molecule has 8 nitrogen and oxygen atoms in total. The molecule has 2 rings (SSSR count). The first-order valence-electron chi connectivity index (χ1n) is 9.32. The van der Waals surface area contributed by atoms with Gasteiger partial charge in [-0.1, -0.05) is 55.8 Å². The average molecular weight is 421 g/mol. The van der Waals surface area contributed by atoms with Crippen molar-refractivity contribution in [1.29, 1.82) is 0 Å². The van der Waals surface area contributed by atoms with Crippen molar-refractivity contribution in [1.82, 2.24) is 20.4 Å². The van der Waals surface area contributed by atoms with Crippen molar-refractivity contribution < 1.29 is 19.1 Å². The zero-order valence-electron chi connectivity index (χ0n) is 16.9. The molecule has 0 unspecified atom stereocenters. The number of carbonyl (C=O) groups is 3. The van der Waals surface area contributed by atoms with Crippen LogP contribution in [0.15, 0.2) is 30.3 Å². The number of imide groups is 1. The van der Waals surface area contributed by atoms with Gasteiger partial charge >= 0.3 is 12.0 Å². The van der Waals surface area contributed by atoms with Crippen LogP contribution in [0, 0.1) is 12.8 Å². The summed E-state index contributed by atoms with van der Waals surface area (Å²) >= 11 is 6.34. The Balaban J connectivity index is 2.29. The van der Waals surface area contributed by atoms with Gasteiger partial charge < -0.3 is 10.1 Å². The molecule has 1 aromatic carbocycles. The van der Waals surface area contributed by atoms with Crippen LogP contribution in [0.4, 0.5) is 4.79 Å². The number of esters is 1. The minimum atomic E-state index is -1.32. The summed E-state index contributed by atoms with van der Waals surface area (Å²) in [6.07, 6.45) is -1.32. The van der Waals surface area contributed by atoms with Gasteiger partial charge in [-0.25, -0.2) is 9.59 Å². The van der Waals surface area contributed by atoms with Crippen molar-refractivity contribution >= 4 is 29.5 Å². The number of halogens is 1. The van der Waals surface area contributed by atoms with Crippen LogP contribution in [0.25, 0.3) is 0 Å². The van der Waals surface area contributed by atoms with Gasteiger partial charge in [-0.3, -0.25) is 14.8 Å². The van der Waals surface area contributed by atoms with Gasteiger partial charge in [-0.15, -0.1) is 0 Å². The fourth-order valence-electron chi connectivity index (χ4n) is 2.70. The van der Waals surface area contributed by atoms with E-state index in [4.69, 9.17) is 16.3 Å². The molecule has 1 aromatic heterocycles. The van der Waals surface area contributed by atoms with Crippen LogP contribution < -0.4 is 10.6 Å². The zero-order chi connectivity index (χ0) is 21.6. The Morgan fingerprint density at radius 3 is 2.45 bits per heavy atom. The maximum Gasteiger partial charge on any atom is 0.344 e. The van der Waals surface area contributed by atoms with E-state index in [1.165, 1.54) is 4.68 Å². The maximum atomic E-state index is 12.8. The number of hydrogen-bond donors (Lipinski definition) is 2. The zero-order valence-corrected chi connectivity index (χ0v) is 17.6. The number of benzene rings is 1. The molecule has 0 aliphatic rings. The predicted molar refractivity (Wildman–Crippen MR) is 109 cm³/mol. The Labute approximate surface area is 174 Å². The summed E-state index contributed by atoms with van der Waals surface area (Å²) in [4.78, 5) is 37.2. The molecule has 3 amide bonds. The van der Waals surface area contributed by atoms with Crippen LogP contribution in [0.2, 0.25) is 5.15 Å². The van der Waals surface area contributed by atoms with Crippen molar-refractivity contribution in [3.8, 4) is 0 Å². The minimum absolute atomic E-state index is 0.0963. The molecule has 9 heteroatoms. The molecule has 0 aliphatic carbocycles. The summed E-state index contributed by atoms with van der Waals surface area (Å²) in [5.74, 6) is -1.28. The fourth-order valence-corrected chi connectivity index (χ4v) is 3.02. The van der Waals surface area contributed by atoms with E-state index in [1.54, 1.807) is 44.2 Å². The number of rotatable bonds is 7. The van der Waals surface area contributed by atoms with Crippen LogP contribution in [0.1, 0.15) is 48.5 Å². The molecule has 2 N–H and O–H groups in total. The number of hydrogen-bond acceptors (Lipinski definition) is 5. The lowest BCUT2D eigenvalue weighted by atomic mass is 10.1. The van der Waals surface area contributed by atoms with Gasteiger partial charge in [-0.2, -0.15) is 5.10 Å². The third kappa shape index (κ3) is 5.80. The lowest BCUT2D eigenvalue weighted by Gasteiger charge is -2.17. The molecule has 0 radical (unpaired) electrons. The van der Waals surface area contributed by atoms with Gasteiger partial charge in [0.15, 0.2) is 0 Å². The monoisotopic (exact) mass is 420 g/mol. The topological polar surface area (TPSA) is 102 Å². The van der Waals surface area contributed by atoms with Crippen molar-refractivity contribution in [3.63, 3.8) is 0 Å². The minimum Gasteiger partial charge on any atom is -0.444 e. The molecule has 1 atom stereocenters. The van der Waals surface area contributed by atoms with Gasteiger partial charge in [0.25, 0.3) is 5.91 Å². The first kappa shape index (κ1) is 22.4. The van der Waals surface area contributed by atoms with Crippen molar-refractivity contribution in [2.24, 2.45) is 5.92 Å². The number of carbonyl (C=O) groups excluding carboxylic acids is 3. The van der Waals surface area contributed by atoms with E-state index in [0.717, 1.165) is 0 Å². The van der Waals surface area contributed by atoms with E-state index in [9.17, 15) is 14.4 Å². The fraction of sp³-hybridized carbons (Fsp3) is 0.400. The van der Waals surface area contributed by atoms with Crippen LogP contribution in [0.5, 0.6) is 0 Å². The van der Waals surface area contributed by atoms with E-state index in [2.05, 4.69) is 15.7 Å². The van der Waals surface area contributed by atoms with Crippen LogP contribution in [-0.2, 0) is 16.1 Å². The standard InChI is InChI=1S/C20H25ClN4O4/c1-5-22-20(28)23-18(26)16(14-9-7-6-8-10-14)29-19(27)15-13(4)24-25(17(15)21)11-12(2)3/h6-10,12,16H,5,11H2,1-4H3,(H2,22,23,26,28)/t16-/m1/s1. The predicted octanol–water partition coefficient (Wildman–Crippen LogP) is 3.24. The molecule has 0 saturated carbocycles. The van der Waals surface area contributed by atoms with Gasteiger partial charge in [0, 0.05) is 18.7 Å². The number of urea groups is 1. The number of aryl methyl sites for hydroxylation is 1. The average Bonchev–Trinajstić information content (AvgIpc) is 2.93. The molecule has 156 valence electrons. The molecule has 1 heterocycles. The Hall–Kier alpha value is -2.87. The molecular formula is C20H25ClN4O4. The van der Waals surface area contributed by atoms with Gasteiger partial charge in [0.05, 0.1) is 5.69 Å². The second-order valence-electron chi connectivity index (χ2n) is 6.87. The van der Waals surface area contributed by atoms with Crippen molar-refractivity contribution in [3.05, 3.63) is 52.3 Å². The van der Waals surface area contributed by atoms with Gasteiger partial charge in [-0.05, 0) is 19.8 Å². The molecular weight excluding hydrogens is 396 g/mol. The van der Waals surface area contributed by atoms with Crippen molar-refractivity contribution in [2.75, 3.05) is 6.54 Å². The summed E-state index contributed by atoms with van der Waals surface area (Å²) in [7, 11) is 0. The normalized spacial score (nSPS) is 11.8. The molecule has 0 fully saturated rings. The third-order valence-electron chi connectivity index (χ3n) is 3.95. The van der Waals surface area contributed by atoms with Crippen LogP contribution in [0.3, 0.4) is 0 Å². The highest BCUT2D eigenvalue weighted by Crippen LogP contribution is 2.25. The number of aromatic nitrogens is 2. The Morgan fingerprint density at radius 1 is 1.21 bits per heavy atom. The lowest BCUT2D eigenvalue weighted by molar-refractivity contribution is -0.129. The number of ether oxygens (including phenoxy) is 1. The second kappa shape index (κ2) is 10.1. The Kier molecular flexibility index (Phi) is 7.78. The molecule has 0 saturated heterocycles. The highest BCUT2D eigenvalue weighted by Gasteiger charge is 2.30. The largest absolute Gasteiger partial charge is 0.444 e. The van der Waals surface area contributed by atoms with Crippen LogP contribution >= 0.6 is 11.6 Å².